The molecular formula is C31H31N5O4S. The van der Waals surface area contributed by atoms with Gasteiger partial charge in [-0.3, -0.25) is 9.36 Å². The molecule has 0 saturated heterocycles. The topological polar surface area (TPSA) is 112 Å². The van der Waals surface area contributed by atoms with Crippen LogP contribution in [0.15, 0.2) is 81.9 Å². The first-order chi connectivity index (χ1) is 19.9. The lowest BCUT2D eigenvalue weighted by molar-refractivity contribution is -0.139. The average molecular weight is 570 g/mol. The van der Waals surface area contributed by atoms with Gasteiger partial charge in [-0.05, 0) is 56.0 Å². The Morgan fingerprint density at radius 2 is 1.85 bits per heavy atom. The summed E-state index contributed by atoms with van der Waals surface area (Å²) in [5.41, 5.74) is 2.84. The number of allylic oxidation sites excluding steroid dienone is 1. The molecule has 1 unspecified atom stereocenters. The number of nitrogens with zero attached hydrogens (tertiary/aromatic N) is 5. The van der Waals surface area contributed by atoms with Crippen LogP contribution >= 0.6 is 11.3 Å². The van der Waals surface area contributed by atoms with Crippen LogP contribution in [0.1, 0.15) is 68.8 Å². The molecule has 4 aromatic rings. The first-order valence-electron chi connectivity index (χ1n) is 13.9. The van der Waals surface area contributed by atoms with Crippen LogP contribution in [0.3, 0.4) is 0 Å². The zero-order valence-corrected chi connectivity index (χ0v) is 23.8. The van der Waals surface area contributed by atoms with Gasteiger partial charge in [0.05, 0.1) is 40.3 Å². The summed E-state index contributed by atoms with van der Waals surface area (Å²) in [5, 5.41) is 19.5. The molecule has 1 aliphatic carbocycles. The van der Waals surface area contributed by atoms with E-state index in [1.807, 2.05) is 60.7 Å². The van der Waals surface area contributed by atoms with Crippen LogP contribution in [0, 0.1) is 0 Å². The fraction of sp³-hybridized carbons (Fsp3) is 0.323. The van der Waals surface area contributed by atoms with Crippen molar-refractivity contribution < 1.29 is 14.6 Å². The van der Waals surface area contributed by atoms with Crippen molar-refractivity contribution in [2.75, 3.05) is 6.61 Å². The lowest BCUT2D eigenvalue weighted by atomic mass is 9.83. The number of esters is 1. The highest BCUT2D eigenvalue weighted by Gasteiger charge is 2.35. The van der Waals surface area contributed by atoms with E-state index in [1.54, 1.807) is 29.3 Å². The molecule has 1 aliphatic heterocycles. The van der Waals surface area contributed by atoms with Gasteiger partial charge in [0.15, 0.2) is 4.80 Å². The van der Waals surface area contributed by atoms with E-state index >= 15 is 0 Å². The van der Waals surface area contributed by atoms with Gasteiger partial charge < -0.3 is 9.84 Å². The van der Waals surface area contributed by atoms with Gasteiger partial charge in [-0.25, -0.2) is 14.5 Å². The molecule has 2 aromatic carbocycles. The number of thiazole rings is 1. The summed E-state index contributed by atoms with van der Waals surface area (Å²) in [7, 11) is 0. The minimum atomic E-state index is -0.909. The Kier molecular flexibility index (Phi) is 7.27. The third-order valence-corrected chi connectivity index (χ3v) is 8.72. The normalized spacial score (nSPS) is 18.6. The van der Waals surface area contributed by atoms with E-state index in [9.17, 15) is 14.7 Å². The van der Waals surface area contributed by atoms with Gasteiger partial charge in [-0.15, -0.1) is 5.10 Å². The molecule has 1 N–H and O–H groups in total. The Labute approximate surface area is 240 Å². The maximum absolute atomic E-state index is 13.8. The van der Waals surface area contributed by atoms with Crippen LogP contribution in [-0.2, 0) is 15.1 Å². The van der Waals surface area contributed by atoms with Gasteiger partial charge in [0, 0.05) is 0 Å². The Morgan fingerprint density at radius 3 is 2.56 bits per heavy atom. The van der Waals surface area contributed by atoms with Crippen molar-refractivity contribution in [1.82, 2.24) is 19.6 Å². The van der Waals surface area contributed by atoms with Crippen molar-refractivity contribution in [2.45, 2.75) is 57.6 Å². The number of hydrogen-bond acceptors (Lipinski definition) is 8. The van der Waals surface area contributed by atoms with Gasteiger partial charge in [-0.2, -0.15) is 0 Å². The van der Waals surface area contributed by atoms with Crippen LogP contribution in [0.25, 0.3) is 11.8 Å². The fourth-order valence-electron chi connectivity index (χ4n) is 5.61. The number of aliphatic hydroxyl groups is 1. The minimum Gasteiger partial charge on any atom is -0.463 e. The molecule has 10 heteroatoms. The van der Waals surface area contributed by atoms with E-state index in [0.717, 1.165) is 36.1 Å². The van der Waals surface area contributed by atoms with E-state index in [0.29, 0.717) is 39.1 Å². The molecule has 41 heavy (non-hydrogen) atoms. The van der Waals surface area contributed by atoms with Gasteiger partial charge in [-0.1, -0.05) is 78.3 Å². The van der Waals surface area contributed by atoms with Crippen LogP contribution in [0.4, 0.5) is 0 Å². The second-order valence-electron chi connectivity index (χ2n) is 10.4. The summed E-state index contributed by atoms with van der Waals surface area (Å²) >= 11 is 1.29. The number of carbonyl (C=O) groups is 1. The van der Waals surface area contributed by atoms with Crippen molar-refractivity contribution >= 4 is 23.4 Å². The lowest BCUT2D eigenvalue weighted by Gasteiger charge is -2.29. The first kappa shape index (κ1) is 27.0. The summed E-state index contributed by atoms with van der Waals surface area (Å²) in [4.78, 5) is 31.9. The number of fused-ring (bicyclic) bond motifs is 1. The van der Waals surface area contributed by atoms with E-state index in [4.69, 9.17) is 4.74 Å². The molecule has 1 saturated carbocycles. The second-order valence-corrected chi connectivity index (χ2v) is 11.5. The molecule has 9 nitrogen and oxygen atoms in total. The SMILES string of the molecule is CCOC(=O)C1=C(C)N=c2s/c(=C\c3ccc(-n4cc(C5(O)CCCCC5)nn4)cc3)c(=O)n2C1c1ccccc1. The zero-order chi connectivity index (χ0) is 28.6. The van der Waals surface area contributed by atoms with Crippen LogP contribution in [0.2, 0.25) is 0 Å². The summed E-state index contributed by atoms with van der Waals surface area (Å²) in [6.45, 7) is 3.77. The Hall–Kier alpha value is -4.15. The minimum absolute atomic E-state index is 0.220. The number of carbonyl (C=O) groups excluding carboxylic acids is 1. The highest BCUT2D eigenvalue weighted by Crippen LogP contribution is 2.36. The molecule has 1 atom stereocenters. The van der Waals surface area contributed by atoms with Gasteiger partial charge in [0.2, 0.25) is 0 Å². The van der Waals surface area contributed by atoms with E-state index in [-0.39, 0.29) is 12.2 Å². The van der Waals surface area contributed by atoms with Crippen molar-refractivity contribution in [2.24, 2.45) is 4.99 Å². The summed E-state index contributed by atoms with van der Waals surface area (Å²) in [6, 6.07) is 16.5. The molecule has 2 aliphatic rings. The van der Waals surface area contributed by atoms with Gasteiger partial charge >= 0.3 is 5.97 Å². The molecule has 0 bridgehead atoms. The number of benzene rings is 2. The Bertz CT molecular complexity index is 1800. The standard InChI is InChI=1S/C31H31N5O4S/c1-3-40-29(38)26-20(2)32-30-36(27(26)22-10-6-4-7-11-22)28(37)24(41-30)18-21-12-14-23(15-13-21)35-19-25(33-34-35)31(39)16-8-5-9-17-31/h4,6-7,10-15,18-19,27,39H,3,5,8-9,16-17H2,1-2H3/b24-18-. The molecule has 1 fully saturated rings. The largest absolute Gasteiger partial charge is 0.463 e. The summed E-state index contributed by atoms with van der Waals surface area (Å²) in [6.07, 6.45) is 8.14. The smallest absolute Gasteiger partial charge is 0.338 e. The monoisotopic (exact) mass is 569 g/mol. The Morgan fingerprint density at radius 1 is 1.12 bits per heavy atom. The molecule has 0 amide bonds. The number of hydrogen-bond donors (Lipinski definition) is 1. The average Bonchev–Trinajstić information content (AvgIpc) is 3.60. The van der Waals surface area contributed by atoms with E-state index in [1.165, 1.54) is 11.3 Å². The maximum Gasteiger partial charge on any atom is 0.338 e. The van der Waals surface area contributed by atoms with Gasteiger partial charge in [0.25, 0.3) is 5.56 Å². The van der Waals surface area contributed by atoms with Crippen molar-refractivity contribution in [3.8, 4) is 5.69 Å². The molecule has 3 heterocycles. The Balaban J connectivity index is 1.34. The second kappa shape index (κ2) is 11.0. The highest BCUT2D eigenvalue weighted by molar-refractivity contribution is 7.07. The predicted molar refractivity (Wildman–Crippen MR) is 155 cm³/mol. The quantitative estimate of drug-likeness (QED) is 0.356. The van der Waals surface area contributed by atoms with Crippen molar-refractivity contribution in [1.29, 1.82) is 0 Å². The number of aromatic nitrogens is 4. The van der Waals surface area contributed by atoms with E-state index in [2.05, 4.69) is 15.3 Å². The number of rotatable bonds is 6. The zero-order valence-electron chi connectivity index (χ0n) is 23.0. The first-order valence-corrected chi connectivity index (χ1v) is 14.7. The third-order valence-electron chi connectivity index (χ3n) is 7.74. The fourth-order valence-corrected chi connectivity index (χ4v) is 6.66. The summed E-state index contributed by atoms with van der Waals surface area (Å²) in [5.74, 6) is -0.473. The van der Waals surface area contributed by atoms with Crippen LogP contribution in [0.5, 0.6) is 0 Å². The van der Waals surface area contributed by atoms with Crippen molar-refractivity contribution in [3.63, 3.8) is 0 Å². The molecule has 0 spiro atoms. The molecule has 6 rings (SSSR count). The predicted octanol–water partition coefficient (Wildman–Crippen LogP) is 3.53. The van der Waals surface area contributed by atoms with Crippen LogP contribution < -0.4 is 14.9 Å². The summed E-state index contributed by atoms with van der Waals surface area (Å²) < 4.78 is 9.12. The van der Waals surface area contributed by atoms with Crippen LogP contribution in [-0.4, -0.2) is 37.2 Å². The van der Waals surface area contributed by atoms with Gasteiger partial charge in [0.1, 0.15) is 11.3 Å². The number of ether oxygens (including phenoxy) is 1. The van der Waals surface area contributed by atoms with E-state index < -0.39 is 17.6 Å². The molecular weight excluding hydrogens is 538 g/mol. The molecule has 2 aromatic heterocycles. The molecule has 210 valence electrons. The maximum atomic E-state index is 13.8. The highest BCUT2D eigenvalue weighted by atomic mass is 32.1. The molecule has 0 radical (unpaired) electrons. The van der Waals surface area contributed by atoms with Crippen molar-refractivity contribution in [3.05, 3.63) is 109 Å². The third kappa shape index (κ3) is 5.09. The lowest BCUT2D eigenvalue weighted by Crippen LogP contribution is -2.39.